The van der Waals surface area contributed by atoms with Crippen molar-refractivity contribution in [2.24, 2.45) is 23.2 Å². The van der Waals surface area contributed by atoms with Gasteiger partial charge < -0.3 is 4.90 Å². The summed E-state index contributed by atoms with van der Waals surface area (Å²) in [7, 11) is 0. The molecule has 1 aromatic rings. The summed E-state index contributed by atoms with van der Waals surface area (Å²) in [6.07, 6.45) is 4.89. The maximum absolute atomic E-state index is 13.0. The summed E-state index contributed by atoms with van der Waals surface area (Å²) >= 11 is 0. The number of amides is 1. The Morgan fingerprint density at radius 1 is 1.38 bits per heavy atom. The number of pyridine rings is 1. The highest BCUT2D eigenvalue weighted by atomic mass is 19.1. The molecule has 3 bridgehead atoms. The highest BCUT2D eigenvalue weighted by Gasteiger charge is 2.57. The molecule has 5 unspecified atom stereocenters. The van der Waals surface area contributed by atoms with Gasteiger partial charge in [0.15, 0.2) is 0 Å². The number of nitrogens with zero attached hydrogens (tertiary/aromatic N) is 2. The summed E-state index contributed by atoms with van der Waals surface area (Å²) in [5.41, 5.74) is 0.627. The van der Waals surface area contributed by atoms with Crippen molar-refractivity contribution in [2.45, 2.75) is 39.2 Å². The Morgan fingerprint density at radius 2 is 2.14 bits per heavy atom. The molecule has 0 radical (unpaired) electrons. The van der Waals surface area contributed by atoms with Gasteiger partial charge >= 0.3 is 0 Å². The predicted octanol–water partition coefficient (Wildman–Crippen LogP) is 3.12. The predicted molar refractivity (Wildman–Crippen MR) is 77.1 cm³/mol. The standard InChI is InChI=1S/C17H21FN2O/c1-10-11-5-12-7-17(2,6-11)9-20(15(10)12)16(21)14-4-3-13(18)8-19-14/h3-4,8,10-12,15H,5-7,9H2,1-2H3. The molecule has 2 aliphatic carbocycles. The number of halogens is 1. The topological polar surface area (TPSA) is 33.2 Å². The van der Waals surface area contributed by atoms with E-state index in [4.69, 9.17) is 0 Å². The number of carbonyl (C=O) groups is 1. The highest BCUT2D eigenvalue weighted by molar-refractivity contribution is 5.92. The van der Waals surface area contributed by atoms with E-state index in [2.05, 4.69) is 18.8 Å². The number of carbonyl (C=O) groups excluding carboxylic acids is 1. The number of hydrogen-bond acceptors (Lipinski definition) is 2. The van der Waals surface area contributed by atoms with E-state index in [0.717, 1.165) is 18.7 Å². The Labute approximate surface area is 124 Å². The van der Waals surface area contributed by atoms with E-state index in [0.29, 0.717) is 23.6 Å². The average molecular weight is 288 g/mol. The van der Waals surface area contributed by atoms with E-state index >= 15 is 0 Å². The van der Waals surface area contributed by atoms with Crippen LogP contribution in [0, 0.1) is 29.0 Å². The largest absolute Gasteiger partial charge is 0.333 e. The lowest BCUT2D eigenvalue weighted by Crippen LogP contribution is -2.54. The van der Waals surface area contributed by atoms with Gasteiger partial charge in [-0.1, -0.05) is 13.8 Å². The Morgan fingerprint density at radius 3 is 2.86 bits per heavy atom. The normalized spacial score (nSPS) is 40.6. The van der Waals surface area contributed by atoms with Gasteiger partial charge in [0, 0.05) is 12.6 Å². The number of rotatable bonds is 1. The summed E-state index contributed by atoms with van der Waals surface area (Å²) in [5, 5.41) is 0. The van der Waals surface area contributed by atoms with Crippen LogP contribution in [-0.4, -0.2) is 28.4 Å². The zero-order chi connectivity index (χ0) is 14.8. The molecule has 2 saturated carbocycles. The van der Waals surface area contributed by atoms with Crippen molar-refractivity contribution in [1.29, 1.82) is 0 Å². The smallest absolute Gasteiger partial charge is 0.272 e. The van der Waals surface area contributed by atoms with Gasteiger partial charge in [0.25, 0.3) is 5.91 Å². The van der Waals surface area contributed by atoms with Crippen molar-refractivity contribution in [3.63, 3.8) is 0 Å². The second kappa shape index (κ2) is 4.28. The minimum atomic E-state index is -0.397. The van der Waals surface area contributed by atoms with Crippen molar-refractivity contribution < 1.29 is 9.18 Å². The molecule has 3 fully saturated rings. The molecule has 1 aliphatic heterocycles. The van der Waals surface area contributed by atoms with Crippen LogP contribution < -0.4 is 0 Å². The van der Waals surface area contributed by atoms with Gasteiger partial charge in [-0.05, 0) is 54.6 Å². The Balaban J connectivity index is 1.68. The molecule has 0 N–H and O–H groups in total. The molecule has 0 aromatic carbocycles. The fourth-order valence-electron chi connectivity index (χ4n) is 5.31. The molecule has 1 saturated heterocycles. The van der Waals surface area contributed by atoms with E-state index in [1.54, 1.807) is 0 Å². The molecule has 1 aromatic heterocycles. The number of fused-ring (bicyclic) bond motifs is 2. The van der Waals surface area contributed by atoms with Crippen molar-refractivity contribution in [3.8, 4) is 0 Å². The second-order valence-electron chi connectivity index (χ2n) is 7.62. The summed E-state index contributed by atoms with van der Waals surface area (Å²) < 4.78 is 13.0. The third-order valence-electron chi connectivity index (χ3n) is 6.00. The van der Waals surface area contributed by atoms with Gasteiger partial charge in [-0.25, -0.2) is 9.37 Å². The SMILES string of the molecule is CC1C2CC3CC(C)(C2)CN(C(=O)c2ccc(F)cn2)C31. The van der Waals surface area contributed by atoms with Gasteiger partial charge in [0.1, 0.15) is 11.5 Å². The zero-order valence-electron chi connectivity index (χ0n) is 12.6. The van der Waals surface area contributed by atoms with Gasteiger partial charge in [-0.15, -0.1) is 0 Å². The van der Waals surface area contributed by atoms with Gasteiger partial charge in [-0.2, -0.15) is 0 Å². The van der Waals surface area contributed by atoms with Crippen molar-refractivity contribution in [2.75, 3.05) is 6.54 Å². The van der Waals surface area contributed by atoms with Crippen LogP contribution in [0.25, 0.3) is 0 Å². The number of piperidine rings is 1. The van der Waals surface area contributed by atoms with Crippen LogP contribution in [0.2, 0.25) is 0 Å². The average Bonchev–Trinajstić information content (AvgIpc) is 2.62. The molecule has 3 nitrogen and oxygen atoms in total. The summed E-state index contributed by atoms with van der Waals surface area (Å²) in [4.78, 5) is 18.9. The lowest BCUT2D eigenvalue weighted by Gasteiger charge is -2.48. The fraction of sp³-hybridized carbons (Fsp3) is 0.647. The lowest BCUT2D eigenvalue weighted by molar-refractivity contribution is 0.00876. The molecule has 4 rings (SSSR count). The van der Waals surface area contributed by atoms with Gasteiger partial charge in [0.05, 0.1) is 6.20 Å². The van der Waals surface area contributed by atoms with Gasteiger partial charge in [0.2, 0.25) is 0 Å². The van der Waals surface area contributed by atoms with Crippen LogP contribution in [-0.2, 0) is 0 Å². The molecule has 21 heavy (non-hydrogen) atoms. The monoisotopic (exact) mass is 288 g/mol. The van der Waals surface area contributed by atoms with Gasteiger partial charge in [-0.3, -0.25) is 4.79 Å². The summed E-state index contributed by atoms with van der Waals surface area (Å²) in [6.45, 7) is 5.44. The zero-order valence-corrected chi connectivity index (χ0v) is 12.6. The first-order valence-electron chi connectivity index (χ1n) is 7.89. The van der Waals surface area contributed by atoms with Crippen LogP contribution in [0.3, 0.4) is 0 Å². The molecular formula is C17H21FN2O. The van der Waals surface area contributed by atoms with Crippen molar-refractivity contribution in [3.05, 3.63) is 29.8 Å². The maximum atomic E-state index is 13.0. The number of hydrogen-bond donors (Lipinski definition) is 0. The molecule has 112 valence electrons. The first-order chi connectivity index (χ1) is 9.97. The van der Waals surface area contributed by atoms with E-state index in [-0.39, 0.29) is 11.3 Å². The number of likely N-dealkylation sites (tertiary alicyclic amines) is 1. The second-order valence-corrected chi connectivity index (χ2v) is 7.62. The van der Waals surface area contributed by atoms with E-state index in [9.17, 15) is 9.18 Å². The summed E-state index contributed by atoms with van der Waals surface area (Å²) in [6, 6.07) is 3.18. The molecule has 3 aliphatic rings. The third-order valence-corrected chi connectivity index (χ3v) is 6.00. The van der Waals surface area contributed by atoms with E-state index in [1.165, 1.54) is 31.4 Å². The van der Waals surface area contributed by atoms with Crippen LogP contribution in [0.15, 0.2) is 18.3 Å². The van der Waals surface area contributed by atoms with Crippen LogP contribution in [0.1, 0.15) is 43.6 Å². The minimum absolute atomic E-state index is 0.0228. The maximum Gasteiger partial charge on any atom is 0.272 e. The molecule has 0 spiro atoms. The van der Waals surface area contributed by atoms with Crippen LogP contribution in [0.4, 0.5) is 4.39 Å². The van der Waals surface area contributed by atoms with Crippen molar-refractivity contribution in [1.82, 2.24) is 9.88 Å². The molecular weight excluding hydrogens is 267 g/mol. The minimum Gasteiger partial charge on any atom is -0.333 e. The molecule has 4 heteroatoms. The summed E-state index contributed by atoms with van der Waals surface area (Å²) in [5.74, 6) is 1.56. The fourth-order valence-corrected chi connectivity index (χ4v) is 5.31. The highest BCUT2D eigenvalue weighted by Crippen LogP contribution is 2.58. The molecule has 5 atom stereocenters. The lowest BCUT2D eigenvalue weighted by atomic mass is 9.67. The number of aromatic nitrogens is 1. The third kappa shape index (κ3) is 1.91. The van der Waals surface area contributed by atoms with E-state index < -0.39 is 5.82 Å². The van der Waals surface area contributed by atoms with Crippen LogP contribution in [0.5, 0.6) is 0 Å². The molecule has 2 heterocycles. The van der Waals surface area contributed by atoms with Crippen LogP contribution >= 0.6 is 0 Å². The first-order valence-corrected chi connectivity index (χ1v) is 7.89. The Bertz CT molecular complexity index is 587. The Hall–Kier alpha value is -1.45. The van der Waals surface area contributed by atoms with E-state index in [1.807, 2.05) is 4.90 Å². The molecule has 1 amide bonds. The van der Waals surface area contributed by atoms with Crippen molar-refractivity contribution >= 4 is 5.91 Å². The first kappa shape index (κ1) is 13.2. The Kier molecular flexibility index (Phi) is 2.69. The quantitative estimate of drug-likeness (QED) is 0.795.